The van der Waals surface area contributed by atoms with E-state index < -0.39 is 0 Å². The quantitative estimate of drug-likeness (QED) is 0.779. The number of carbonyl (C=O) groups is 1. The van der Waals surface area contributed by atoms with E-state index in [9.17, 15) is 9.59 Å². The van der Waals surface area contributed by atoms with E-state index >= 15 is 0 Å². The zero-order valence-corrected chi connectivity index (χ0v) is 14.4. The third-order valence-electron chi connectivity index (χ3n) is 4.93. The predicted molar refractivity (Wildman–Crippen MR) is 93.9 cm³/mol. The first-order valence-electron chi connectivity index (χ1n) is 7.97. The maximum absolute atomic E-state index is 12.9. The van der Waals surface area contributed by atoms with Crippen molar-refractivity contribution in [2.75, 3.05) is 13.1 Å². The normalized spacial score (nSPS) is 22.2. The van der Waals surface area contributed by atoms with Gasteiger partial charge in [0.1, 0.15) is 0 Å². The number of likely N-dealkylation sites (tertiary alicyclic amines) is 1. The fourth-order valence-electron chi connectivity index (χ4n) is 3.89. The Kier molecular flexibility index (Phi) is 3.89. The molecule has 0 saturated carbocycles. The monoisotopic (exact) mass is 362 g/mol. The maximum atomic E-state index is 12.9. The van der Waals surface area contributed by atoms with Crippen molar-refractivity contribution in [3.8, 4) is 0 Å². The number of fused-ring (bicyclic) bond motifs is 4. The number of halogens is 2. The molecule has 4 nitrogen and oxygen atoms in total. The third-order valence-corrected chi connectivity index (χ3v) is 5.49. The zero-order chi connectivity index (χ0) is 16.8. The second kappa shape index (κ2) is 5.94. The molecule has 0 aliphatic carbocycles. The summed E-state index contributed by atoms with van der Waals surface area (Å²) in [5.74, 6) is 0.385. The summed E-state index contributed by atoms with van der Waals surface area (Å²) in [5, 5.41) is 0.911. The van der Waals surface area contributed by atoms with E-state index in [0.717, 1.165) is 12.1 Å². The summed E-state index contributed by atoms with van der Waals surface area (Å²) in [6.07, 6.45) is 1.01. The van der Waals surface area contributed by atoms with Crippen molar-refractivity contribution in [2.24, 2.45) is 5.92 Å². The Balaban J connectivity index is 1.65. The second-order valence-electron chi connectivity index (χ2n) is 6.53. The molecule has 4 rings (SSSR count). The van der Waals surface area contributed by atoms with Crippen molar-refractivity contribution < 1.29 is 4.79 Å². The molecular weight excluding hydrogens is 347 g/mol. The van der Waals surface area contributed by atoms with Crippen molar-refractivity contribution in [2.45, 2.75) is 18.9 Å². The van der Waals surface area contributed by atoms with Crippen molar-refractivity contribution in [3.05, 3.63) is 68.1 Å². The van der Waals surface area contributed by atoms with Crippen LogP contribution < -0.4 is 5.56 Å². The Morgan fingerprint density at radius 3 is 2.75 bits per heavy atom. The molecular formula is C18H16Cl2N2O2. The number of piperidine rings is 1. The van der Waals surface area contributed by atoms with Gasteiger partial charge in [0.15, 0.2) is 0 Å². The standard InChI is InChI=1S/C18H16Cl2N2O2/c19-13-4-5-15(20)14(7-13)18(24)21-8-11-6-12(10-21)16-2-1-3-17(23)22(16)9-11/h1-5,7,11-12H,6,8-10H2. The Labute approximate surface area is 149 Å². The number of amides is 1. The highest BCUT2D eigenvalue weighted by atomic mass is 35.5. The van der Waals surface area contributed by atoms with Crippen LogP contribution in [-0.4, -0.2) is 28.5 Å². The van der Waals surface area contributed by atoms with Crippen LogP contribution in [-0.2, 0) is 6.54 Å². The molecule has 1 fully saturated rings. The van der Waals surface area contributed by atoms with Gasteiger partial charge in [0, 0.05) is 42.3 Å². The van der Waals surface area contributed by atoms with Crippen molar-refractivity contribution in [1.29, 1.82) is 0 Å². The van der Waals surface area contributed by atoms with E-state index in [1.54, 1.807) is 30.3 Å². The Morgan fingerprint density at radius 1 is 1.08 bits per heavy atom. The summed E-state index contributed by atoms with van der Waals surface area (Å²) >= 11 is 12.2. The molecule has 0 radical (unpaired) electrons. The summed E-state index contributed by atoms with van der Waals surface area (Å²) in [7, 11) is 0. The van der Waals surface area contributed by atoms with Crippen molar-refractivity contribution >= 4 is 29.1 Å². The second-order valence-corrected chi connectivity index (χ2v) is 7.38. The van der Waals surface area contributed by atoms with Gasteiger partial charge in [-0.05, 0) is 36.6 Å². The molecule has 1 aromatic carbocycles. The number of hydrogen-bond donors (Lipinski definition) is 0. The fraction of sp³-hybridized carbons (Fsp3) is 0.333. The molecule has 2 aliphatic heterocycles. The highest BCUT2D eigenvalue weighted by Crippen LogP contribution is 2.36. The van der Waals surface area contributed by atoms with Crippen LogP contribution in [0.3, 0.4) is 0 Å². The minimum atomic E-state index is -0.0936. The average molecular weight is 363 g/mol. The smallest absolute Gasteiger partial charge is 0.255 e. The first-order chi connectivity index (χ1) is 11.5. The molecule has 0 N–H and O–H groups in total. The number of rotatable bonds is 1. The molecule has 2 atom stereocenters. The third kappa shape index (κ3) is 2.64. The lowest BCUT2D eigenvalue weighted by atomic mass is 9.83. The van der Waals surface area contributed by atoms with Crippen LogP contribution in [0.15, 0.2) is 41.2 Å². The van der Waals surface area contributed by atoms with E-state index in [0.29, 0.717) is 41.2 Å². The van der Waals surface area contributed by atoms with E-state index in [2.05, 4.69) is 0 Å². The number of nitrogens with zero attached hydrogens (tertiary/aromatic N) is 2. The molecule has 1 amide bonds. The van der Waals surface area contributed by atoms with Crippen LogP contribution in [0.25, 0.3) is 0 Å². The number of aromatic nitrogens is 1. The van der Waals surface area contributed by atoms with E-state index in [4.69, 9.17) is 23.2 Å². The first kappa shape index (κ1) is 15.7. The van der Waals surface area contributed by atoms with Crippen LogP contribution in [0.4, 0.5) is 0 Å². The van der Waals surface area contributed by atoms with E-state index in [1.807, 2.05) is 15.5 Å². The van der Waals surface area contributed by atoms with Gasteiger partial charge in [0.25, 0.3) is 11.5 Å². The molecule has 2 bridgehead atoms. The number of hydrogen-bond acceptors (Lipinski definition) is 2. The highest BCUT2D eigenvalue weighted by molar-refractivity contribution is 6.35. The molecule has 124 valence electrons. The van der Waals surface area contributed by atoms with E-state index in [-0.39, 0.29) is 17.4 Å². The van der Waals surface area contributed by atoms with Gasteiger partial charge in [-0.15, -0.1) is 0 Å². The van der Waals surface area contributed by atoms with Gasteiger partial charge in [0.05, 0.1) is 10.6 Å². The van der Waals surface area contributed by atoms with E-state index in [1.165, 1.54) is 0 Å². The molecule has 2 unspecified atom stereocenters. The van der Waals surface area contributed by atoms with Crippen molar-refractivity contribution in [1.82, 2.24) is 9.47 Å². The van der Waals surface area contributed by atoms with Crippen LogP contribution in [0.5, 0.6) is 0 Å². The zero-order valence-electron chi connectivity index (χ0n) is 12.9. The first-order valence-corrected chi connectivity index (χ1v) is 8.72. The molecule has 3 heterocycles. The SMILES string of the molecule is O=C(c1cc(Cl)ccc1Cl)N1CC2CC(C1)c1cccc(=O)n1C2. The van der Waals surface area contributed by atoms with Crippen LogP contribution in [0.2, 0.25) is 10.0 Å². The number of pyridine rings is 1. The fourth-order valence-corrected chi connectivity index (χ4v) is 4.26. The van der Waals surface area contributed by atoms with Crippen LogP contribution in [0.1, 0.15) is 28.4 Å². The van der Waals surface area contributed by atoms with Gasteiger partial charge in [0.2, 0.25) is 0 Å². The van der Waals surface area contributed by atoms with Gasteiger partial charge in [-0.3, -0.25) is 9.59 Å². The summed E-state index contributed by atoms with van der Waals surface area (Å²) in [4.78, 5) is 26.8. The van der Waals surface area contributed by atoms with Gasteiger partial charge in [-0.25, -0.2) is 0 Å². The Hall–Kier alpha value is -1.78. The van der Waals surface area contributed by atoms with Crippen LogP contribution >= 0.6 is 23.2 Å². The number of carbonyl (C=O) groups excluding carboxylic acids is 1. The van der Waals surface area contributed by atoms with Gasteiger partial charge in [-0.1, -0.05) is 29.3 Å². The summed E-state index contributed by atoms with van der Waals surface area (Å²) in [6.45, 7) is 1.90. The molecule has 2 aromatic rings. The molecule has 1 saturated heterocycles. The topological polar surface area (TPSA) is 42.3 Å². The molecule has 0 spiro atoms. The van der Waals surface area contributed by atoms with Gasteiger partial charge in [-0.2, -0.15) is 0 Å². The number of benzene rings is 1. The minimum absolute atomic E-state index is 0.0415. The summed E-state index contributed by atoms with van der Waals surface area (Å²) in [6, 6.07) is 10.3. The average Bonchev–Trinajstić information content (AvgIpc) is 2.57. The molecule has 1 aromatic heterocycles. The van der Waals surface area contributed by atoms with Crippen LogP contribution in [0, 0.1) is 5.92 Å². The van der Waals surface area contributed by atoms with Gasteiger partial charge >= 0.3 is 0 Å². The minimum Gasteiger partial charge on any atom is -0.338 e. The predicted octanol–water partition coefficient (Wildman–Crippen LogP) is 3.41. The lowest BCUT2D eigenvalue weighted by molar-refractivity contribution is 0.0595. The Bertz CT molecular complexity index is 878. The lowest BCUT2D eigenvalue weighted by Gasteiger charge is -2.42. The molecule has 6 heteroatoms. The van der Waals surface area contributed by atoms with Crippen molar-refractivity contribution in [3.63, 3.8) is 0 Å². The largest absolute Gasteiger partial charge is 0.338 e. The Morgan fingerprint density at radius 2 is 1.92 bits per heavy atom. The highest BCUT2D eigenvalue weighted by Gasteiger charge is 2.36. The molecule has 24 heavy (non-hydrogen) atoms. The summed E-state index contributed by atoms with van der Waals surface area (Å²) < 4.78 is 1.85. The lowest BCUT2D eigenvalue weighted by Crippen LogP contribution is -2.49. The van der Waals surface area contributed by atoms with Gasteiger partial charge < -0.3 is 9.47 Å². The summed E-state index contributed by atoms with van der Waals surface area (Å²) in [5.41, 5.74) is 1.50. The molecule has 2 aliphatic rings. The maximum Gasteiger partial charge on any atom is 0.255 e.